The number of allylic oxidation sites excluding steroid dienone is 1. The van der Waals surface area contributed by atoms with Gasteiger partial charge in [-0.05, 0) is 56.3 Å². The third-order valence-corrected chi connectivity index (χ3v) is 4.55. The third kappa shape index (κ3) is 5.06. The second kappa shape index (κ2) is 8.63. The van der Waals surface area contributed by atoms with Crippen LogP contribution < -0.4 is 5.32 Å². The minimum atomic E-state index is 0.507. The second-order valence-corrected chi connectivity index (χ2v) is 6.59. The van der Waals surface area contributed by atoms with E-state index < -0.39 is 0 Å². The summed E-state index contributed by atoms with van der Waals surface area (Å²) < 4.78 is 1.18. The Hall–Kier alpha value is -0.600. The lowest BCUT2D eigenvalue weighted by atomic mass is 9.91. The fourth-order valence-electron chi connectivity index (χ4n) is 3.01. The molecular formula is C18H26BrN. The van der Waals surface area contributed by atoms with Gasteiger partial charge in [0, 0.05) is 10.5 Å². The fraction of sp³-hybridized carbons (Fsp3) is 0.556. The van der Waals surface area contributed by atoms with E-state index in [0.29, 0.717) is 6.04 Å². The molecule has 0 spiro atoms. The predicted molar refractivity (Wildman–Crippen MR) is 91.1 cm³/mol. The Labute approximate surface area is 132 Å². The zero-order valence-corrected chi connectivity index (χ0v) is 14.1. The van der Waals surface area contributed by atoms with Crippen LogP contribution in [0.15, 0.2) is 40.4 Å². The summed E-state index contributed by atoms with van der Waals surface area (Å²) >= 11 is 3.57. The van der Waals surface area contributed by atoms with E-state index in [1.165, 1.54) is 48.6 Å². The van der Waals surface area contributed by atoms with Gasteiger partial charge in [-0.25, -0.2) is 0 Å². The molecule has 0 saturated carbocycles. The molecule has 1 aromatic carbocycles. The van der Waals surface area contributed by atoms with Crippen LogP contribution in [0.25, 0.3) is 0 Å². The Morgan fingerprint density at radius 2 is 2.05 bits per heavy atom. The molecule has 0 aliphatic heterocycles. The van der Waals surface area contributed by atoms with Crippen molar-refractivity contribution in [3.05, 3.63) is 46.0 Å². The van der Waals surface area contributed by atoms with E-state index in [1.54, 1.807) is 5.57 Å². The molecule has 1 nitrogen and oxygen atoms in total. The molecule has 0 amide bonds. The highest BCUT2D eigenvalue weighted by Crippen LogP contribution is 2.22. The highest BCUT2D eigenvalue weighted by Gasteiger charge is 2.15. The molecule has 2 rings (SSSR count). The molecule has 0 radical (unpaired) electrons. The van der Waals surface area contributed by atoms with E-state index in [0.717, 1.165) is 13.0 Å². The Bertz CT molecular complexity index is 439. The lowest BCUT2D eigenvalue weighted by Gasteiger charge is -2.23. The first-order chi connectivity index (χ1) is 9.79. The van der Waals surface area contributed by atoms with Gasteiger partial charge in [0.05, 0.1) is 0 Å². The van der Waals surface area contributed by atoms with Crippen molar-refractivity contribution in [2.75, 3.05) is 6.54 Å². The molecule has 0 heterocycles. The zero-order chi connectivity index (χ0) is 14.2. The number of hydrogen-bond acceptors (Lipinski definition) is 1. The minimum Gasteiger partial charge on any atom is -0.310 e. The van der Waals surface area contributed by atoms with E-state index >= 15 is 0 Å². The van der Waals surface area contributed by atoms with Gasteiger partial charge < -0.3 is 5.32 Å². The average molecular weight is 336 g/mol. The zero-order valence-electron chi connectivity index (χ0n) is 12.5. The minimum absolute atomic E-state index is 0.507. The Morgan fingerprint density at radius 3 is 2.85 bits per heavy atom. The molecule has 1 atom stereocenters. The number of halogens is 1. The molecule has 0 fully saturated rings. The van der Waals surface area contributed by atoms with E-state index in [1.807, 2.05) is 0 Å². The molecule has 110 valence electrons. The largest absolute Gasteiger partial charge is 0.310 e. The van der Waals surface area contributed by atoms with Crippen LogP contribution in [0.1, 0.15) is 51.0 Å². The maximum Gasteiger partial charge on any atom is 0.0319 e. The summed E-state index contributed by atoms with van der Waals surface area (Å²) in [5.74, 6) is 0. The van der Waals surface area contributed by atoms with Crippen molar-refractivity contribution < 1.29 is 0 Å². The van der Waals surface area contributed by atoms with Gasteiger partial charge in [0.15, 0.2) is 0 Å². The third-order valence-electron chi connectivity index (χ3n) is 4.05. The summed E-state index contributed by atoms with van der Waals surface area (Å²) in [6.45, 7) is 3.24. The SMILES string of the molecule is CCNC(Cc1cccc(Br)c1)/C1=C/CCCCCC1. The van der Waals surface area contributed by atoms with E-state index in [4.69, 9.17) is 0 Å². The summed E-state index contributed by atoms with van der Waals surface area (Å²) in [6.07, 6.45) is 11.6. The highest BCUT2D eigenvalue weighted by molar-refractivity contribution is 9.10. The van der Waals surface area contributed by atoms with Gasteiger partial charge in [0.25, 0.3) is 0 Å². The summed E-state index contributed by atoms with van der Waals surface area (Å²) in [4.78, 5) is 0. The lowest BCUT2D eigenvalue weighted by Crippen LogP contribution is -2.33. The molecule has 2 heteroatoms. The number of benzene rings is 1. The first kappa shape index (κ1) is 15.8. The van der Waals surface area contributed by atoms with Crippen molar-refractivity contribution in [1.29, 1.82) is 0 Å². The molecule has 0 bridgehead atoms. The standard InChI is InChI=1S/C18H26BrN/c1-2-20-18(14-15-9-8-12-17(19)13-15)16-10-6-4-3-5-7-11-16/h8-10,12-13,18,20H,2-7,11,14H2,1H3/b16-10+. The van der Waals surface area contributed by atoms with Crippen LogP contribution in [0.5, 0.6) is 0 Å². The summed E-state index contributed by atoms with van der Waals surface area (Å²) in [7, 11) is 0. The summed E-state index contributed by atoms with van der Waals surface area (Å²) in [5, 5.41) is 3.68. The topological polar surface area (TPSA) is 12.0 Å². The molecule has 1 aromatic rings. The van der Waals surface area contributed by atoms with Gasteiger partial charge in [0.2, 0.25) is 0 Å². The van der Waals surface area contributed by atoms with Crippen LogP contribution in [-0.4, -0.2) is 12.6 Å². The van der Waals surface area contributed by atoms with Gasteiger partial charge in [-0.1, -0.05) is 59.5 Å². The number of nitrogens with one attached hydrogen (secondary N) is 1. The molecule has 1 unspecified atom stereocenters. The monoisotopic (exact) mass is 335 g/mol. The maximum absolute atomic E-state index is 3.68. The van der Waals surface area contributed by atoms with E-state index in [2.05, 4.69) is 58.5 Å². The van der Waals surface area contributed by atoms with Crippen LogP contribution in [-0.2, 0) is 6.42 Å². The van der Waals surface area contributed by atoms with E-state index in [-0.39, 0.29) is 0 Å². The second-order valence-electron chi connectivity index (χ2n) is 5.68. The smallest absolute Gasteiger partial charge is 0.0319 e. The first-order valence-electron chi connectivity index (χ1n) is 7.96. The van der Waals surface area contributed by atoms with Crippen LogP contribution in [0.2, 0.25) is 0 Å². The Balaban J connectivity index is 2.08. The van der Waals surface area contributed by atoms with Crippen molar-refractivity contribution in [2.24, 2.45) is 0 Å². The normalized spacial score (nSPS) is 20.6. The first-order valence-corrected chi connectivity index (χ1v) is 8.75. The van der Waals surface area contributed by atoms with E-state index in [9.17, 15) is 0 Å². The number of likely N-dealkylation sites (N-methyl/N-ethyl adjacent to an activating group) is 1. The lowest BCUT2D eigenvalue weighted by molar-refractivity contribution is 0.536. The van der Waals surface area contributed by atoms with Gasteiger partial charge in [-0.3, -0.25) is 0 Å². The van der Waals surface area contributed by atoms with Crippen LogP contribution >= 0.6 is 15.9 Å². The quantitative estimate of drug-likeness (QED) is 0.724. The van der Waals surface area contributed by atoms with Crippen LogP contribution in [0.3, 0.4) is 0 Å². The van der Waals surface area contributed by atoms with Crippen LogP contribution in [0.4, 0.5) is 0 Å². The molecule has 1 aliphatic rings. The van der Waals surface area contributed by atoms with Crippen molar-refractivity contribution >= 4 is 15.9 Å². The molecular weight excluding hydrogens is 310 g/mol. The molecule has 20 heavy (non-hydrogen) atoms. The molecule has 1 N–H and O–H groups in total. The fourth-order valence-corrected chi connectivity index (χ4v) is 3.46. The van der Waals surface area contributed by atoms with Crippen molar-refractivity contribution in [3.8, 4) is 0 Å². The summed E-state index contributed by atoms with van der Waals surface area (Å²) in [5.41, 5.74) is 3.04. The van der Waals surface area contributed by atoms with Crippen molar-refractivity contribution in [3.63, 3.8) is 0 Å². The van der Waals surface area contributed by atoms with Crippen molar-refractivity contribution in [1.82, 2.24) is 5.32 Å². The predicted octanol–water partition coefficient (Wildman–Crippen LogP) is 5.25. The Kier molecular flexibility index (Phi) is 6.81. The van der Waals surface area contributed by atoms with Gasteiger partial charge in [-0.15, -0.1) is 0 Å². The average Bonchev–Trinajstić information content (AvgIpc) is 2.38. The maximum atomic E-state index is 3.68. The van der Waals surface area contributed by atoms with Gasteiger partial charge >= 0.3 is 0 Å². The molecule has 0 aromatic heterocycles. The molecule has 1 aliphatic carbocycles. The number of hydrogen-bond donors (Lipinski definition) is 1. The van der Waals surface area contributed by atoms with Crippen molar-refractivity contribution in [2.45, 2.75) is 57.9 Å². The van der Waals surface area contributed by atoms with Crippen LogP contribution in [0, 0.1) is 0 Å². The Morgan fingerprint density at radius 1 is 1.20 bits per heavy atom. The molecule has 0 saturated heterocycles. The summed E-state index contributed by atoms with van der Waals surface area (Å²) in [6, 6.07) is 9.22. The van der Waals surface area contributed by atoms with Gasteiger partial charge in [0.1, 0.15) is 0 Å². The highest BCUT2D eigenvalue weighted by atomic mass is 79.9. The van der Waals surface area contributed by atoms with Gasteiger partial charge in [-0.2, -0.15) is 0 Å². The number of rotatable bonds is 5.